The van der Waals surface area contributed by atoms with Gasteiger partial charge >= 0.3 is 0 Å². The molecule has 2 heterocycles. The van der Waals surface area contributed by atoms with Crippen molar-refractivity contribution in [3.63, 3.8) is 0 Å². The third-order valence-electron chi connectivity index (χ3n) is 4.28. The van der Waals surface area contributed by atoms with Crippen LogP contribution in [0.25, 0.3) is 11.0 Å². The van der Waals surface area contributed by atoms with Crippen molar-refractivity contribution in [2.75, 3.05) is 17.7 Å². The summed E-state index contributed by atoms with van der Waals surface area (Å²) in [7, 11) is 0. The highest BCUT2D eigenvalue weighted by molar-refractivity contribution is 5.87. The van der Waals surface area contributed by atoms with Crippen LogP contribution in [0.15, 0.2) is 42.6 Å². The average molecular weight is 339 g/mol. The standard InChI is InChI=1S/C19H25N5O/c1-2-6-15(10-12-25)21-18-17-16(22-19(20)23-18)9-11-24(17)13-14-7-4-3-5-8-14/h3-5,7-9,11,15,25H,2,6,10,12-13H2,1H3,(H3,20,21,22,23). The zero-order valence-corrected chi connectivity index (χ0v) is 14.5. The predicted molar refractivity (Wildman–Crippen MR) is 102 cm³/mol. The number of fused-ring (bicyclic) bond motifs is 1. The number of aromatic nitrogens is 3. The van der Waals surface area contributed by atoms with Crippen LogP contribution in [-0.2, 0) is 6.54 Å². The number of hydrogen-bond acceptors (Lipinski definition) is 5. The van der Waals surface area contributed by atoms with E-state index in [9.17, 15) is 5.11 Å². The molecule has 3 rings (SSSR count). The maximum atomic E-state index is 9.32. The van der Waals surface area contributed by atoms with Crippen molar-refractivity contribution >= 4 is 22.8 Å². The molecule has 0 saturated carbocycles. The Labute approximate surface area is 147 Å². The summed E-state index contributed by atoms with van der Waals surface area (Å²) in [4.78, 5) is 8.79. The predicted octanol–water partition coefficient (Wildman–Crippen LogP) is 3.02. The number of nitrogens with one attached hydrogen (secondary N) is 1. The molecule has 132 valence electrons. The van der Waals surface area contributed by atoms with E-state index in [0.717, 1.165) is 36.2 Å². The van der Waals surface area contributed by atoms with Gasteiger partial charge in [0.25, 0.3) is 0 Å². The highest BCUT2D eigenvalue weighted by atomic mass is 16.3. The van der Waals surface area contributed by atoms with Crippen molar-refractivity contribution in [2.24, 2.45) is 0 Å². The Morgan fingerprint density at radius 1 is 1.16 bits per heavy atom. The maximum Gasteiger partial charge on any atom is 0.222 e. The monoisotopic (exact) mass is 339 g/mol. The van der Waals surface area contributed by atoms with Crippen LogP contribution >= 0.6 is 0 Å². The zero-order valence-electron chi connectivity index (χ0n) is 14.5. The van der Waals surface area contributed by atoms with Gasteiger partial charge in [-0.3, -0.25) is 0 Å². The molecule has 0 saturated heterocycles. The molecule has 4 N–H and O–H groups in total. The largest absolute Gasteiger partial charge is 0.396 e. The van der Waals surface area contributed by atoms with Gasteiger partial charge in [0.2, 0.25) is 5.95 Å². The van der Waals surface area contributed by atoms with Gasteiger partial charge < -0.3 is 20.7 Å². The Hall–Kier alpha value is -2.60. The van der Waals surface area contributed by atoms with Gasteiger partial charge in [-0.15, -0.1) is 0 Å². The van der Waals surface area contributed by atoms with Gasteiger partial charge in [-0.2, -0.15) is 4.98 Å². The van der Waals surface area contributed by atoms with E-state index in [-0.39, 0.29) is 18.6 Å². The van der Waals surface area contributed by atoms with E-state index >= 15 is 0 Å². The fourth-order valence-electron chi connectivity index (χ4n) is 3.12. The number of benzene rings is 1. The second-order valence-corrected chi connectivity index (χ2v) is 6.24. The molecule has 6 nitrogen and oxygen atoms in total. The summed E-state index contributed by atoms with van der Waals surface area (Å²) in [5.41, 5.74) is 8.87. The summed E-state index contributed by atoms with van der Waals surface area (Å²) in [6.45, 7) is 3.02. The highest BCUT2D eigenvalue weighted by Gasteiger charge is 2.15. The molecule has 6 heteroatoms. The molecular weight excluding hydrogens is 314 g/mol. The second kappa shape index (κ2) is 7.98. The van der Waals surface area contributed by atoms with Crippen LogP contribution < -0.4 is 11.1 Å². The third-order valence-corrected chi connectivity index (χ3v) is 4.28. The lowest BCUT2D eigenvalue weighted by atomic mass is 10.1. The molecule has 0 fully saturated rings. The Morgan fingerprint density at radius 2 is 1.96 bits per heavy atom. The van der Waals surface area contributed by atoms with Gasteiger partial charge in [0.1, 0.15) is 5.52 Å². The minimum absolute atomic E-state index is 0.145. The average Bonchev–Trinajstić information content (AvgIpc) is 2.99. The molecule has 1 atom stereocenters. The Balaban J connectivity index is 1.97. The Morgan fingerprint density at radius 3 is 2.68 bits per heavy atom. The summed E-state index contributed by atoms with van der Waals surface area (Å²) in [6.07, 6.45) is 4.69. The normalized spacial score (nSPS) is 12.4. The molecule has 1 unspecified atom stereocenters. The molecule has 0 spiro atoms. The first-order valence-corrected chi connectivity index (χ1v) is 8.75. The number of nitrogens with two attached hydrogens (primary N) is 1. The molecular formula is C19H25N5O. The Kier molecular flexibility index (Phi) is 5.50. The number of aliphatic hydroxyl groups excluding tert-OH is 1. The number of anilines is 2. The molecule has 0 bridgehead atoms. The van der Waals surface area contributed by atoms with E-state index in [0.29, 0.717) is 6.42 Å². The van der Waals surface area contributed by atoms with E-state index in [2.05, 4.69) is 38.9 Å². The van der Waals surface area contributed by atoms with Crippen LogP contribution in [0.4, 0.5) is 11.8 Å². The van der Waals surface area contributed by atoms with Crippen molar-refractivity contribution in [2.45, 2.75) is 38.8 Å². The van der Waals surface area contributed by atoms with Gasteiger partial charge in [0.15, 0.2) is 5.82 Å². The van der Waals surface area contributed by atoms with Gasteiger partial charge in [0, 0.05) is 25.4 Å². The van der Waals surface area contributed by atoms with Crippen LogP contribution in [0.1, 0.15) is 31.7 Å². The van der Waals surface area contributed by atoms with E-state index in [4.69, 9.17) is 5.73 Å². The van der Waals surface area contributed by atoms with Gasteiger partial charge in [-0.05, 0) is 24.5 Å². The van der Waals surface area contributed by atoms with Gasteiger partial charge in [-0.1, -0.05) is 43.7 Å². The minimum atomic E-state index is 0.145. The van der Waals surface area contributed by atoms with E-state index in [1.165, 1.54) is 5.56 Å². The summed E-state index contributed by atoms with van der Waals surface area (Å²) in [5, 5.41) is 12.8. The van der Waals surface area contributed by atoms with Crippen LogP contribution in [0.3, 0.4) is 0 Å². The third kappa shape index (κ3) is 4.09. The molecule has 0 aliphatic carbocycles. The van der Waals surface area contributed by atoms with Crippen LogP contribution in [0, 0.1) is 0 Å². The molecule has 25 heavy (non-hydrogen) atoms. The van der Waals surface area contributed by atoms with Crippen LogP contribution in [0.5, 0.6) is 0 Å². The van der Waals surface area contributed by atoms with Gasteiger partial charge in [-0.25, -0.2) is 4.98 Å². The first kappa shape index (κ1) is 17.2. The zero-order chi connectivity index (χ0) is 17.6. The number of nitrogens with zero attached hydrogens (tertiary/aromatic N) is 3. The van der Waals surface area contributed by atoms with E-state index in [1.54, 1.807) is 0 Å². The van der Waals surface area contributed by atoms with Gasteiger partial charge in [0.05, 0.1) is 5.52 Å². The molecule has 1 aromatic carbocycles. The lowest BCUT2D eigenvalue weighted by Gasteiger charge is -2.19. The van der Waals surface area contributed by atoms with Crippen molar-refractivity contribution in [1.29, 1.82) is 0 Å². The van der Waals surface area contributed by atoms with Crippen molar-refractivity contribution < 1.29 is 5.11 Å². The van der Waals surface area contributed by atoms with Crippen molar-refractivity contribution in [1.82, 2.24) is 14.5 Å². The first-order chi connectivity index (χ1) is 12.2. The van der Waals surface area contributed by atoms with E-state index in [1.807, 2.05) is 30.5 Å². The molecule has 3 aromatic rings. The second-order valence-electron chi connectivity index (χ2n) is 6.24. The molecule has 0 radical (unpaired) electrons. The fourth-order valence-corrected chi connectivity index (χ4v) is 3.12. The summed E-state index contributed by atoms with van der Waals surface area (Å²) < 4.78 is 2.13. The summed E-state index contributed by atoms with van der Waals surface area (Å²) in [5.74, 6) is 0.988. The topological polar surface area (TPSA) is 89.0 Å². The van der Waals surface area contributed by atoms with Crippen LogP contribution in [0.2, 0.25) is 0 Å². The first-order valence-electron chi connectivity index (χ1n) is 8.75. The van der Waals surface area contributed by atoms with Crippen molar-refractivity contribution in [3.05, 3.63) is 48.2 Å². The molecule has 2 aromatic heterocycles. The molecule has 0 aliphatic rings. The SMILES string of the molecule is CCCC(CCO)Nc1nc(N)nc2ccn(Cc3ccccc3)c12. The number of nitrogen functional groups attached to an aromatic ring is 1. The highest BCUT2D eigenvalue weighted by Crippen LogP contribution is 2.25. The maximum absolute atomic E-state index is 9.32. The smallest absolute Gasteiger partial charge is 0.222 e. The van der Waals surface area contributed by atoms with Crippen LogP contribution in [-0.4, -0.2) is 32.3 Å². The summed E-state index contributed by atoms with van der Waals surface area (Å²) >= 11 is 0. The number of aliphatic hydroxyl groups is 1. The number of hydrogen-bond donors (Lipinski definition) is 3. The fraction of sp³-hybridized carbons (Fsp3) is 0.368. The van der Waals surface area contributed by atoms with Crippen molar-refractivity contribution in [3.8, 4) is 0 Å². The quantitative estimate of drug-likeness (QED) is 0.587. The lowest BCUT2D eigenvalue weighted by Crippen LogP contribution is -2.22. The minimum Gasteiger partial charge on any atom is -0.396 e. The molecule has 0 aliphatic heterocycles. The number of rotatable bonds is 8. The lowest BCUT2D eigenvalue weighted by molar-refractivity contribution is 0.276. The van der Waals surface area contributed by atoms with E-state index < -0.39 is 0 Å². The molecule has 0 amide bonds. The Bertz CT molecular complexity index is 809. The summed E-state index contributed by atoms with van der Waals surface area (Å²) in [6, 6.07) is 12.4.